The molecule has 0 aliphatic heterocycles. The molecule has 0 saturated heterocycles. The molecule has 22 heavy (non-hydrogen) atoms. The van der Waals surface area contributed by atoms with Crippen molar-refractivity contribution in [3.8, 4) is 0 Å². The van der Waals surface area contributed by atoms with Gasteiger partial charge in [-0.15, -0.1) is 10.2 Å². The first-order valence-corrected chi connectivity index (χ1v) is 7.68. The number of nitrogens with one attached hydrogen (secondary N) is 2. The third kappa shape index (κ3) is 5.40. The number of hydrogen-bond acceptors (Lipinski definition) is 6. The van der Waals surface area contributed by atoms with Gasteiger partial charge in [-0.05, 0) is 12.5 Å². The van der Waals surface area contributed by atoms with Crippen LogP contribution in [0.1, 0.15) is 18.6 Å². The molecule has 1 aromatic carbocycles. The predicted molar refractivity (Wildman–Crippen MR) is 83.7 cm³/mol. The van der Waals surface area contributed by atoms with Crippen LogP contribution in [0.3, 0.4) is 0 Å². The first-order valence-electron chi connectivity index (χ1n) is 6.81. The second kappa shape index (κ2) is 8.42. The van der Waals surface area contributed by atoms with E-state index < -0.39 is 12.1 Å². The zero-order valence-corrected chi connectivity index (χ0v) is 12.9. The summed E-state index contributed by atoms with van der Waals surface area (Å²) in [4.78, 5) is 11.5. The number of anilines is 1. The Bertz CT molecular complexity index is 565. The van der Waals surface area contributed by atoms with Crippen LogP contribution in [0.4, 0.5) is 9.93 Å². The highest BCUT2D eigenvalue weighted by Crippen LogP contribution is 2.15. The largest absolute Gasteiger partial charge is 0.389 e. The fourth-order valence-electron chi connectivity index (χ4n) is 1.71. The number of ether oxygens (including phenoxy) is 1. The minimum absolute atomic E-state index is 0.0894. The van der Waals surface area contributed by atoms with Crippen molar-refractivity contribution in [3.05, 3.63) is 41.4 Å². The van der Waals surface area contributed by atoms with Gasteiger partial charge in [0, 0.05) is 6.54 Å². The number of aliphatic hydroxyl groups is 1. The molecule has 0 radical (unpaired) electrons. The minimum Gasteiger partial charge on any atom is -0.389 e. The number of carbonyl (C=O) groups excluding carboxylic acids is 1. The van der Waals surface area contributed by atoms with Crippen LogP contribution in [0, 0.1) is 0 Å². The van der Waals surface area contributed by atoms with Gasteiger partial charge >= 0.3 is 6.03 Å². The normalized spacial score (nSPS) is 13.4. The molecule has 2 atom stereocenters. The number of aliphatic hydroxyl groups excluding tert-OH is 1. The van der Waals surface area contributed by atoms with E-state index in [0.29, 0.717) is 5.13 Å². The molecule has 0 aliphatic rings. The van der Waals surface area contributed by atoms with Crippen LogP contribution in [-0.2, 0) is 4.74 Å². The van der Waals surface area contributed by atoms with Gasteiger partial charge in [-0.1, -0.05) is 41.7 Å². The highest BCUT2D eigenvalue weighted by molar-refractivity contribution is 7.13. The molecule has 1 heterocycles. The zero-order valence-electron chi connectivity index (χ0n) is 12.1. The third-order valence-corrected chi connectivity index (χ3v) is 3.49. The number of aromatic nitrogens is 2. The predicted octanol–water partition coefficient (Wildman–Crippen LogP) is 1.80. The Hall–Kier alpha value is -2.03. The lowest BCUT2D eigenvalue weighted by atomic mass is 10.1. The van der Waals surface area contributed by atoms with Gasteiger partial charge in [-0.25, -0.2) is 4.79 Å². The highest BCUT2D eigenvalue weighted by atomic mass is 32.1. The van der Waals surface area contributed by atoms with E-state index >= 15 is 0 Å². The SMILES string of the molecule is C[C@@H](OC[C@H](O)CNC(=O)Nc1nncs1)c1ccccc1. The number of nitrogens with zero attached hydrogens (tertiary/aromatic N) is 2. The van der Waals surface area contributed by atoms with E-state index in [0.717, 1.165) is 5.56 Å². The van der Waals surface area contributed by atoms with E-state index in [2.05, 4.69) is 20.8 Å². The van der Waals surface area contributed by atoms with Gasteiger partial charge in [0.2, 0.25) is 5.13 Å². The Morgan fingerprint density at radius 1 is 1.41 bits per heavy atom. The molecular formula is C14H18N4O3S. The van der Waals surface area contributed by atoms with E-state index in [9.17, 15) is 9.90 Å². The third-order valence-electron chi connectivity index (χ3n) is 2.89. The van der Waals surface area contributed by atoms with Crippen molar-refractivity contribution < 1.29 is 14.6 Å². The zero-order chi connectivity index (χ0) is 15.8. The van der Waals surface area contributed by atoms with Crippen LogP contribution in [-0.4, -0.2) is 40.6 Å². The van der Waals surface area contributed by atoms with Crippen LogP contribution < -0.4 is 10.6 Å². The molecule has 0 saturated carbocycles. The Labute approximate surface area is 132 Å². The average molecular weight is 322 g/mol. The molecule has 118 valence electrons. The summed E-state index contributed by atoms with van der Waals surface area (Å²) in [5.74, 6) is 0. The Morgan fingerprint density at radius 2 is 2.18 bits per heavy atom. The van der Waals surface area contributed by atoms with Crippen molar-refractivity contribution in [3.63, 3.8) is 0 Å². The minimum atomic E-state index is -0.786. The molecule has 2 rings (SSSR count). The lowest BCUT2D eigenvalue weighted by molar-refractivity contribution is -0.000953. The van der Waals surface area contributed by atoms with Gasteiger partial charge in [0.25, 0.3) is 0 Å². The summed E-state index contributed by atoms with van der Waals surface area (Å²) in [6.45, 7) is 2.14. The Kier molecular flexibility index (Phi) is 6.26. The van der Waals surface area contributed by atoms with Gasteiger partial charge < -0.3 is 15.2 Å². The number of benzene rings is 1. The molecule has 7 nitrogen and oxygen atoms in total. The molecule has 0 fully saturated rings. The van der Waals surface area contributed by atoms with Crippen LogP contribution in [0.15, 0.2) is 35.8 Å². The van der Waals surface area contributed by atoms with Gasteiger partial charge in [0.15, 0.2) is 0 Å². The number of hydrogen-bond donors (Lipinski definition) is 3. The summed E-state index contributed by atoms with van der Waals surface area (Å²) < 4.78 is 5.59. The molecule has 0 bridgehead atoms. The molecule has 0 spiro atoms. The highest BCUT2D eigenvalue weighted by Gasteiger charge is 2.11. The molecule has 0 aliphatic carbocycles. The van der Waals surface area contributed by atoms with Crippen molar-refractivity contribution in [2.45, 2.75) is 19.1 Å². The van der Waals surface area contributed by atoms with Gasteiger partial charge in [-0.3, -0.25) is 5.32 Å². The molecule has 0 unspecified atom stereocenters. The number of amides is 2. The summed E-state index contributed by atoms with van der Waals surface area (Å²) >= 11 is 1.22. The van der Waals surface area contributed by atoms with Gasteiger partial charge in [0.05, 0.1) is 18.8 Å². The van der Waals surface area contributed by atoms with Crippen molar-refractivity contribution in [1.29, 1.82) is 0 Å². The van der Waals surface area contributed by atoms with E-state index in [1.165, 1.54) is 16.8 Å². The number of urea groups is 1. The van der Waals surface area contributed by atoms with Crippen molar-refractivity contribution >= 4 is 22.5 Å². The quantitative estimate of drug-likeness (QED) is 0.722. The van der Waals surface area contributed by atoms with Crippen molar-refractivity contribution in [2.24, 2.45) is 0 Å². The maximum Gasteiger partial charge on any atom is 0.321 e. The van der Waals surface area contributed by atoms with Crippen molar-refractivity contribution in [1.82, 2.24) is 15.5 Å². The van der Waals surface area contributed by atoms with Crippen LogP contribution in [0.25, 0.3) is 0 Å². The lowest BCUT2D eigenvalue weighted by Crippen LogP contribution is -2.37. The van der Waals surface area contributed by atoms with Crippen LogP contribution >= 0.6 is 11.3 Å². The summed E-state index contributed by atoms with van der Waals surface area (Å²) in [6.07, 6.45) is -0.905. The van der Waals surface area contributed by atoms with Gasteiger partial charge in [-0.2, -0.15) is 0 Å². The summed E-state index contributed by atoms with van der Waals surface area (Å²) in [7, 11) is 0. The summed E-state index contributed by atoms with van der Waals surface area (Å²) in [5.41, 5.74) is 2.56. The maximum atomic E-state index is 11.5. The number of carbonyl (C=O) groups is 1. The summed E-state index contributed by atoms with van der Waals surface area (Å²) in [5, 5.41) is 22.6. The molecule has 2 aromatic rings. The van der Waals surface area contributed by atoms with E-state index in [4.69, 9.17) is 4.74 Å². The standard InChI is InChI=1S/C14H18N4O3S/c1-10(11-5-3-2-4-6-11)21-8-12(19)7-15-13(20)17-14-18-16-9-22-14/h2-6,9-10,12,19H,7-8H2,1H3,(H2,15,17,18,20)/t10-,12-/m1/s1. The lowest BCUT2D eigenvalue weighted by Gasteiger charge is -2.17. The monoisotopic (exact) mass is 322 g/mol. The average Bonchev–Trinajstić information content (AvgIpc) is 3.04. The molecule has 2 amide bonds. The Morgan fingerprint density at radius 3 is 2.86 bits per heavy atom. The van der Waals surface area contributed by atoms with E-state index in [1.807, 2.05) is 37.3 Å². The molecule has 8 heteroatoms. The Balaban J connectivity index is 1.65. The second-order valence-electron chi connectivity index (χ2n) is 4.62. The molecular weight excluding hydrogens is 304 g/mol. The van der Waals surface area contributed by atoms with Crippen molar-refractivity contribution in [2.75, 3.05) is 18.5 Å². The summed E-state index contributed by atoms with van der Waals surface area (Å²) in [6, 6.07) is 9.30. The van der Waals surface area contributed by atoms with Gasteiger partial charge in [0.1, 0.15) is 5.51 Å². The first-order chi connectivity index (χ1) is 10.6. The van der Waals surface area contributed by atoms with E-state index in [1.54, 1.807) is 0 Å². The first kappa shape index (κ1) is 16.3. The van der Waals surface area contributed by atoms with Crippen LogP contribution in [0.5, 0.6) is 0 Å². The second-order valence-corrected chi connectivity index (χ2v) is 5.45. The fourth-order valence-corrected chi connectivity index (χ4v) is 2.15. The van der Waals surface area contributed by atoms with Crippen LogP contribution in [0.2, 0.25) is 0 Å². The van der Waals surface area contributed by atoms with E-state index in [-0.39, 0.29) is 19.3 Å². The molecule has 3 N–H and O–H groups in total. The smallest absolute Gasteiger partial charge is 0.321 e. The number of rotatable bonds is 7. The molecule has 1 aromatic heterocycles. The fraction of sp³-hybridized carbons (Fsp3) is 0.357. The maximum absolute atomic E-state index is 11.5. The topological polar surface area (TPSA) is 96.4 Å².